The third-order valence-corrected chi connectivity index (χ3v) is 2.69. The summed E-state index contributed by atoms with van der Waals surface area (Å²) in [5.74, 6) is 0.318. The van der Waals surface area contributed by atoms with Gasteiger partial charge in [0.25, 0.3) is 5.91 Å². The van der Waals surface area contributed by atoms with E-state index in [4.69, 9.17) is 15.3 Å². The van der Waals surface area contributed by atoms with E-state index >= 15 is 0 Å². The lowest BCUT2D eigenvalue weighted by Gasteiger charge is -2.21. The third-order valence-electron chi connectivity index (χ3n) is 2.69. The summed E-state index contributed by atoms with van der Waals surface area (Å²) in [5.41, 5.74) is 0.463. The molecular weight excluding hydrogens is 254 g/mol. The van der Waals surface area contributed by atoms with Gasteiger partial charge in [-0.3, -0.25) is 4.79 Å². The average molecular weight is 271 g/mol. The maximum atomic E-state index is 12.5. The number of rotatable bonds is 7. The molecule has 0 N–H and O–H groups in total. The van der Waals surface area contributed by atoms with Crippen molar-refractivity contribution in [2.45, 2.75) is 19.8 Å². The Morgan fingerprint density at radius 3 is 2.35 bits per heavy atom. The van der Waals surface area contributed by atoms with Gasteiger partial charge in [0.15, 0.2) is 0 Å². The minimum atomic E-state index is -0.209. The van der Waals surface area contributed by atoms with Crippen LogP contribution in [-0.2, 0) is 0 Å². The van der Waals surface area contributed by atoms with E-state index in [9.17, 15) is 4.79 Å². The molecule has 0 fully saturated rings. The molecule has 1 aromatic carbocycles. The van der Waals surface area contributed by atoms with Crippen LogP contribution in [-0.4, -0.2) is 30.5 Å². The first-order valence-electron chi connectivity index (χ1n) is 6.49. The fourth-order valence-corrected chi connectivity index (χ4v) is 1.78. The summed E-state index contributed by atoms with van der Waals surface area (Å²) in [4.78, 5) is 14.0. The Morgan fingerprint density at radius 1 is 1.20 bits per heavy atom. The predicted molar refractivity (Wildman–Crippen MR) is 74.0 cm³/mol. The summed E-state index contributed by atoms with van der Waals surface area (Å²) in [6.07, 6.45) is 0.488. The predicted octanol–water partition coefficient (Wildman–Crippen LogP) is 2.35. The van der Waals surface area contributed by atoms with E-state index in [0.717, 1.165) is 0 Å². The highest BCUT2D eigenvalue weighted by atomic mass is 16.5. The molecule has 0 aromatic heterocycles. The normalized spacial score (nSPS) is 9.35. The number of benzene rings is 1. The molecule has 0 heterocycles. The van der Waals surface area contributed by atoms with Crippen LogP contribution in [0.15, 0.2) is 24.3 Å². The molecule has 104 valence electrons. The first-order chi connectivity index (χ1) is 9.74. The molecule has 0 unspecified atom stereocenters. The lowest BCUT2D eigenvalue weighted by Crippen LogP contribution is -2.33. The first kappa shape index (κ1) is 15.5. The largest absolute Gasteiger partial charge is 0.493 e. The zero-order chi connectivity index (χ0) is 14.8. The van der Waals surface area contributed by atoms with Gasteiger partial charge in [0.1, 0.15) is 5.75 Å². The van der Waals surface area contributed by atoms with Crippen LogP contribution in [0, 0.1) is 22.7 Å². The summed E-state index contributed by atoms with van der Waals surface area (Å²) >= 11 is 0. The van der Waals surface area contributed by atoms with E-state index in [0.29, 0.717) is 31.0 Å². The van der Waals surface area contributed by atoms with Crippen molar-refractivity contribution in [3.8, 4) is 17.9 Å². The maximum Gasteiger partial charge on any atom is 0.257 e. The number of nitrogens with zero attached hydrogens (tertiary/aromatic N) is 3. The topological polar surface area (TPSA) is 77.1 Å². The second-order valence-corrected chi connectivity index (χ2v) is 4.04. The number of hydrogen-bond donors (Lipinski definition) is 0. The molecule has 5 nitrogen and oxygen atoms in total. The van der Waals surface area contributed by atoms with Crippen molar-refractivity contribution >= 4 is 5.91 Å². The van der Waals surface area contributed by atoms with Crippen molar-refractivity contribution in [1.29, 1.82) is 10.5 Å². The van der Waals surface area contributed by atoms with Crippen molar-refractivity contribution in [3.63, 3.8) is 0 Å². The SMILES string of the molecule is CCOc1ccccc1C(=O)N(CCC#N)CCC#N. The van der Waals surface area contributed by atoms with Gasteiger partial charge in [-0.2, -0.15) is 10.5 Å². The van der Waals surface area contributed by atoms with Crippen molar-refractivity contribution in [2.75, 3.05) is 19.7 Å². The van der Waals surface area contributed by atoms with Crippen LogP contribution < -0.4 is 4.74 Å². The van der Waals surface area contributed by atoms with Crippen molar-refractivity contribution in [3.05, 3.63) is 29.8 Å². The Kier molecular flexibility index (Phi) is 6.64. The summed E-state index contributed by atoms with van der Waals surface area (Å²) in [6, 6.07) is 11.0. The minimum absolute atomic E-state index is 0.209. The van der Waals surface area contributed by atoms with Gasteiger partial charge in [0, 0.05) is 13.1 Å². The summed E-state index contributed by atoms with van der Waals surface area (Å²) in [7, 11) is 0. The maximum absolute atomic E-state index is 12.5. The zero-order valence-corrected chi connectivity index (χ0v) is 11.5. The smallest absolute Gasteiger partial charge is 0.257 e. The molecule has 0 spiro atoms. The van der Waals surface area contributed by atoms with E-state index in [2.05, 4.69) is 0 Å². The Balaban J connectivity index is 2.93. The molecule has 0 aliphatic carbocycles. The molecule has 0 atom stereocenters. The molecule has 1 aromatic rings. The second kappa shape index (κ2) is 8.55. The van der Waals surface area contributed by atoms with E-state index in [1.165, 1.54) is 4.90 Å². The Hall–Kier alpha value is -2.53. The van der Waals surface area contributed by atoms with Gasteiger partial charge < -0.3 is 9.64 Å². The van der Waals surface area contributed by atoms with Gasteiger partial charge in [-0.15, -0.1) is 0 Å². The lowest BCUT2D eigenvalue weighted by atomic mass is 10.1. The van der Waals surface area contributed by atoms with Gasteiger partial charge in [-0.1, -0.05) is 12.1 Å². The van der Waals surface area contributed by atoms with Gasteiger partial charge in [0.2, 0.25) is 0 Å². The molecule has 0 saturated heterocycles. The van der Waals surface area contributed by atoms with E-state index in [1.54, 1.807) is 24.3 Å². The van der Waals surface area contributed by atoms with Crippen LogP contribution in [0.3, 0.4) is 0 Å². The Bertz CT molecular complexity index is 511. The molecule has 0 saturated carbocycles. The van der Waals surface area contributed by atoms with Crippen LogP contribution >= 0.6 is 0 Å². The molecule has 1 amide bonds. The fourth-order valence-electron chi connectivity index (χ4n) is 1.78. The number of nitriles is 2. The average Bonchev–Trinajstić information content (AvgIpc) is 2.48. The Morgan fingerprint density at radius 2 is 1.80 bits per heavy atom. The van der Waals surface area contributed by atoms with Crippen LogP contribution in [0.1, 0.15) is 30.1 Å². The van der Waals surface area contributed by atoms with Crippen LogP contribution in [0.25, 0.3) is 0 Å². The number of carbonyl (C=O) groups excluding carboxylic acids is 1. The second-order valence-electron chi connectivity index (χ2n) is 4.04. The van der Waals surface area contributed by atoms with Gasteiger partial charge in [-0.25, -0.2) is 0 Å². The highest BCUT2D eigenvalue weighted by Crippen LogP contribution is 2.20. The quantitative estimate of drug-likeness (QED) is 0.762. The van der Waals surface area contributed by atoms with Crippen molar-refractivity contribution in [1.82, 2.24) is 4.90 Å². The molecule has 0 aliphatic heterocycles. The first-order valence-corrected chi connectivity index (χ1v) is 6.49. The van der Waals surface area contributed by atoms with E-state index in [1.807, 2.05) is 19.1 Å². The standard InChI is InChI=1S/C15H17N3O2/c1-2-20-14-8-4-3-7-13(14)15(19)18(11-5-9-16)12-6-10-17/h3-4,7-8H,2,5-6,11-12H2,1H3. The van der Waals surface area contributed by atoms with Gasteiger partial charge >= 0.3 is 0 Å². The number of para-hydroxylation sites is 1. The molecular formula is C15H17N3O2. The van der Waals surface area contributed by atoms with E-state index < -0.39 is 0 Å². The highest BCUT2D eigenvalue weighted by molar-refractivity contribution is 5.97. The number of carbonyl (C=O) groups is 1. The fraction of sp³-hybridized carbons (Fsp3) is 0.400. The minimum Gasteiger partial charge on any atom is -0.493 e. The molecule has 20 heavy (non-hydrogen) atoms. The summed E-state index contributed by atoms with van der Waals surface area (Å²) < 4.78 is 5.44. The lowest BCUT2D eigenvalue weighted by molar-refractivity contribution is 0.0758. The Labute approximate surface area is 119 Å². The van der Waals surface area contributed by atoms with Crippen LogP contribution in [0.2, 0.25) is 0 Å². The molecule has 5 heteroatoms. The molecule has 0 bridgehead atoms. The third kappa shape index (κ3) is 4.29. The molecule has 0 radical (unpaired) electrons. The van der Waals surface area contributed by atoms with Gasteiger partial charge in [0.05, 0.1) is 37.2 Å². The summed E-state index contributed by atoms with van der Waals surface area (Å²) in [5, 5.41) is 17.3. The monoisotopic (exact) mass is 271 g/mol. The zero-order valence-electron chi connectivity index (χ0n) is 11.5. The van der Waals surface area contributed by atoms with Crippen LogP contribution in [0.4, 0.5) is 0 Å². The van der Waals surface area contributed by atoms with Crippen LogP contribution in [0.5, 0.6) is 5.75 Å². The van der Waals surface area contributed by atoms with E-state index in [-0.39, 0.29) is 18.7 Å². The van der Waals surface area contributed by atoms with Crippen molar-refractivity contribution in [2.24, 2.45) is 0 Å². The highest BCUT2D eigenvalue weighted by Gasteiger charge is 2.18. The van der Waals surface area contributed by atoms with Gasteiger partial charge in [-0.05, 0) is 19.1 Å². The number of amides is 1. The molecule has 1 rings (SSSR count). The molecule has 0 aliphatic rings. The number of ether oxygens (including phenoxy) is 1. The summed E-state index contributed by atoms with van der Waals surface area (Å²) in [6.45, 7) is 2.96. The number of hydrogen-bond acceptors (Lipinski definition) is 4. The van der Waals surface area contributed by atoms with Crippen molar-refractivity contribution < 1.29 is 9.53 Å².